The Balaban J connectivity index is 3.50. The zero-order valence-electron chi connectivity index (χ0n) is 6.84. The van der Waals surface area contributed by atoms with Gasteiger partial charge in [-0.1, -0.05) is 5.92 Å². The Morgan fingerprint density at radius 2 is 2.33 bits per heavy atom. The molecule has 1 heterocycles. The fraction of sp³-hybridized carbons (Fsp3) is 0.250. The minimum Gasteiger partial charge on any atom is -0.327 e. The van der Waals surface area contributed by atoms with Crippen molar-refractivity contribution in [1.29, 1.82) is 0 Å². The van der Waals surface area contributed by atoms with Crippen LogP contribution in [-0.2, 0) is 7.05 Å². The zero-order valence-corrected chi connectivity index (χ0v) is 7.66. The summed E-state index contributed by atoms with van der Waals surface area (Å²) in [4.78, 5) is 13.7. The van der Waals surface area contributed by atoms with Crippen LogP contribution in [0.15, 0.2) is 11.0 Å². The summed E-state index contributed by atoms with van der Waals surface area (Å²) in [5, 5.41) is 0. The maximum Gasteiger partial charge on any atom is 0.267 e. The first kappa shape index (κ1) is 8.75. The van der Waals surface area contributed by atoms with Gasteiger partial charge in [-0.3, -0.25) is 9.78 Å². The van der Waals surface area contributed by atoms with Crippen molar-refractivity contribution in [2.75, 3.05) is 0 Å². The van der Waals surface area contributed by atoms with Crippen molar-refractivity contribution in [3.05, 3.63) is 26.9 Å². The minimum atomic E-state index is -0.229. The van der Waals surface area contributed by atoms with Gasteiger partial charge in [0.15, 0.2) is 4.77 Å². The third-order valence-corrected chi connectivity index (χ3v) is 1.76. The van der Waals surface area contributed by atoms with Gasteiger partial charge in [0.1, 0.15) is 5.56 Å². The van der Waals surface area contributed by atoms with Gasteiger partial charge in [-0.2, -0.15) is 0 Å². The van der Waals surface area contributed by atoms with Crippen LogP contribution in [0.4, 0.5) is 0 Å². The molecule has 3 nitrogen and oxygen atoms in total. The highest BCUT2D eigenvalue weighted by molar-refractivity contribution is 7.71. The van der Waals surface area contributed by atoms with Gasteiger partial charge < -0.3 is 4.57 Å². The van der Waals surface area contributed by atoms with E-state index in [0.717, 1.165) is 0 Å². The molecule has 0 aromatic carbocycles. The van der Waals surface area contributed by atoms with Crippen LogP contribution >= 0.6 is 12.2 Å². The topological polar surface area (TPSA) is 37.8 Å². The van der Waals surface area contributed by atoms with Crippen LogP contribution in [0.5, 0.6) is 0 Å². The van der Waals surface area contributed by atoms with Gasteiger partial charge in [0.25, 0.3) is 5.56 Å². The molecule has 0 spiro atoms. The third kappa shape index (κ3) is 1.63. The standard InChI is InChI=1S/C8H8N2OS/c1-3-4-6-5-10(2)8(12)9-7(6)11/h5H,1-2H3,(H,9,11,12). The molecule has 0 aliphatic heterocycles. The van der Waals surface area contributed by atoms with E-state index < -0.39 is 0 Å². The largest absolute Gasteiger partial charge is 0.327 e. The van der Waals surface area contributed by atoms with E-state index in [4.69, 9.17) is 12.2 Å². The summed E-state index contributed by atoms with van der Waals surface area (Å²) in [5.74, 6) is 5.34. The Morgan fingerprint density at radius 1 is 1.67 bits per heavy atom. The van der Waals surface area contributed by atoms with Crippen LogP contribution in [0.1, 0.15) is 12.5 Å². The molecule has 62 valence electrons. The van der Waals surface area contributed by atoms with Gasteiger partial charge in [0.2, 0.25) is 0 Å². The van der Waals surface area contributed by atoms with E-state index in [2.05, 4.69) is 16.8 Å². The van der Waals surface area contributed by atoms with E-state index in [1.54, 1.807) is 24.7 Å². The third-order valence-electron chi connectivity index (χ3n) is 1.37. The summed E-state index contributed by atoms with van der Waals surface area (Å²) in [6.45, 7) is 1.68. The van der Waals surface area contributed by atoms with Crippen molar-refractivity contribution in [3.8, 4) is 11.8 Å². The van der Waals surface area contributed by atoms with Crippen LogP contribution < -0.4 is 5.56 Å². The average molecular weight is 180 g/mol. The molecule has 4 heteroatoms. The lowest BCUT2D eigenvalue weighted by Gasteiger charge is -1.96. The normalized spacial score (nSPS) is 8.83. The van der Waals surface area contributed by atoms with Gasteiger partial charge in [-0.25, -0.2) is 0 Å². The second-order valence-corrected chi connectivity index (χ2v) is 2.67. The highest BCUT2D eigenvalue weighted by Crippen LogP contribution is 1.87. The summed E-state index contributed by atoms with van der Waals surface area (Å²) in [6.07, 6.45) is 1.62. The molecule has 1 rings (SSSR count). The van der Waals surface area contributed by atoms with Crippen LogP contribution in [0.25, 0.3) is 0 Å². The van der Waals surface area contributed by atoms with Gasteiger partial charge >= 0.3 is 0 Å². The first-order chi connectivity index (χ1) is 5.65. The summed E-state index contributed by atoms with van der Waals surface area (Å²) in [7, 11) is 1.76. The second-order valence-electron chi connectivity index (χ2n) is 2.29. The Labute approximate surface area is 75.1 Å². The summed E-state index contributed by atoms with van der Waals surface area (Å²) < 4.78 is 2.05. The molecule has 0 radical (unpaired) electrons. The minimum absolute atomic E-state index is 0.229. The number of hydrogen-bond acceptors (Lipinski definition) is 2. The molecular formula is C8H8N2OS. The van der Waals surface area contributed by atoms with Crippen LogP contribution in [0.3, 0.4) is 0 Å². The summed E-state index contributed by atoms with van der Waals surface area (Å²) in [5.41, 5.74) is 0.209. The van der Waals surface area contributed by atoms with Crippen molar-refractivity contribution in [2.24, 2.45) is 7.05 Å². The number of nitrogens with zero attached hydrogens (tertiary/aromatic N) is 1. The molecular weight excluding hydrogens is 172 g/mol. The fourth-order valence-corrected chi connectivity index (χ4v) is 0.933. The second kappa shape index (κ2) is 3.37. The van der Waals surface area contributed by atoms with E-state index in [1.807, 2.05) is 0 Å². The van der Waals surface area contributed by atoms with Crippen molar-refractivity contribution < 1.29 is 0 Å². The summed E-state index contributed by atoms with van der Waals surface area (Å²) in [6, 6.07) is 0. The molecule has 1 aromatic rings. The number of nitrogens with one attached hydrogen (secondary N) is 1. The monoisotopic (exact) mass is 180 g/mol. The number of hydrogen-bond donors (Lipinski definition) is 1. The highest BCUT2D eigenvalue weighted by atomic mass is 32.1. The highest BCUT2D eigenvalue weighted by Gasteiger charge is 1.95. The van der Waals surface area contributed by atoms with Crippen molar-refractivity contribution in [3.63, 3.8) is 0 Å². The Bertz CT molecular complexity index is 458. The Kier molecular flexibility index (Phi) is 2.46. The zero-order chi connectivity index (χ0) is 9.14. The Morgan fingerprint density at radius 3 is 2.92 bits per heavy atom. The molecule has 0 amide bonds. The van der Waals surface area contributed by atoms with E-state index in [-0.39, 0.29) is 5.56 Å². The van der Waals surface area contributed by atoms with Crippen molar-refractivity contribution >= 4 is 12.2 Å². The van der Waals surface area contributed by atoms with Crippen molar-refractivity contribution in [1.82, 2.24) is 9.55 Å². The number of H-pyrrole nitrogens is 1. The SMILES string of the molecule is CC#Cc1cn(C)c(=S)[nH]c1=O. The first-order valence-corrected chi connectivity index (χ1v) is 3.78. The molecule has 0 saturated carbocycles. The lowest BCUT2D eigenvalue weighted by Crippen LogP contribution is -2.14. The number of aromatic nitrogens is 2. The maximum atomic E-state index is 11.1. The van der Waals surface area contributed by atoms with Gasteiger partial charge in [0.05, 0.1) is 0 Å². The molecule has 12 heavy (non-hydrogen) atoms. The molecule has 0 unspecified atom stereocenters. The quantitative estimate of drug-likeness (QED) is 0.474. The van der Waals surface area contributed by atoms with Gasteiger partial charge in [-0.05, 0) is 19.1 Å². The van der Waals surface area contributed by atoms with E-state index in [0.29, 0.717) is 10.3 Å². The van der Waals surface area contributed by atoms with Crippen molar-refractivity contribution in [2.45, 2.75) is 6.92 Å². The van der Waals surface area contributed by atoms with E-state index in [1.165, 1.54) is 0 Å². The molecule has 0 aliphatic carbocycles. The molecule has 0 saturated heterocycles. The van der Waals surface area contributed by atoms with E-state index in [9.17, 15) is 4.79 Å². The number of aryl methyl sites for hydroxylation is 1. The fourth-order valence-electron chi connectivity index (χ4n) is 0.787. The molecule has 0 fully saturated rings. The summed E-state index contributed by atoms with van der Waals surface area (Å²) >= 11 is 4.84. The van der Waals surface area contributed by atoms with Crippen LogP contribution in [-0.4, -0.2) is 9.55 Å². The predicted molar refractivity (Wildman–Crippen MR) is 49.4 cm³/mol. The van der Waals surface area contributed by atoms with Crippen LogP contribution in [0.2, 0.25) is 0 Å². The number of aromatic amines is 1. The smallest absolute Gasteiger partial charge is 0.267 e. The lowest BCUT2D eigenvalue weighted by molar-refractivity contribution is 0.828. The average Bonchev–Trinajstić information content (AvgIpc) is 2.01. The van der Waals surface area contributed by atoms with Gasteiger partial charge in [-0.15, -0.1) is 5.92 Å². The first-order valence-electron chi connectivity index (χ1n) is 3.38. The molecule has 1 N–H and O–H groups in total. The number of rotatable bonds is 0. The predicted octanol–water partition coefficient (Wildman–Crippen LogP) is 0.814. The Hall–Kier alpha value is -1.34. The molecule has 0 atom stereocenters. The van der Waals surface area contributed by atoms with E-state index >= 15 is 0 Å². The molecule has 0 bridgehead atoms. The maximum absolute atomic E-state index is 11.1. The lowest BCUT2D eigenvalue weighted by atomic mass is 10.3. The van der Waals surface area contributed by atoms with Gasteiger partial charge in [0, 0.05) is 13.2 Å². The molecule has 0 aliphatic rings. The van der Waals surface area contributed by atoms with Crippen LogP contribution in [0, 0.1) is 16.6 Å². The molecule has 1 aromatic heterocycles.